The minimum Gasteiger partial charge on any atom is -0.491 e. The van der Waals surface area contributed by atoms with Crippen LogP contribution in [0.3, 0.4) is 0 Å². The molecule has 5 heteroatoms. The van der Waals surface area contributed by atoms with E-state index in [1.807, 2.05) is 0 Å². The highest BCUT2D eigenvalue weighted by atomic mass is 32.1. The number of hydrogen-bond acceptors (Lipinski definition) is 4. The summed E-state index contributed by atoms with van der Waals surface area (Å²) in [5.41, 5.74) is 1.00. The number of halogens is 1. The van der Waals surface area contributed by atoms with Gasteiger partial charge in [0.15, 0.2) is 17.9 Å². The lowest BCUT2D eigenvalue weighted by Crippen LogP contribution is -1.94. The Morgan fingerprint density at radius 2 is 2.35 bits per heavy atom. The fourth-order valence-corrected chi connectivity index (χ4v) is 2.14. The predicted molar refractivity (Wildman–Crippen MR) is 64.1 cm³/mol. The third kappa shape index (κ3) is 2.50. The first-order valence-corrected chi connectivity index (χ1v) is 5.96. The molecule has 0 spiro atoms. The lowest BCUT2D eigenvalue weighted by Gasteiger charge is -2.05. The van der Waals surface area contributed by atoms with Crippen LogP contribution in [0.2, 0.25) is 0 Å². The maximum atomic E-state index is 13.6. The average molecular weight is 251 g/mol. The highest BCUT2D eigenvalue weighted by molar-refractivity contribution is 7.13. The molecule has 0 aliphatic rings. The highest BCUT2D eigenvalue weighted by Gasteiger charge is 2.08. The number of ether oxygens (including phenoxy) is 1. The Balaban J connectivity index is 2.33. The van der Waals surface area contributed by atoms with E-state index in [0.717, 1.165) is 0 Å². The third-order valence-electron chi connectivity index (χ3n) is 2.12. The molecule has 88 valence electrons. The number of aromatic nitrogens is 1. The monoisotopic (exact) mass is 251 g/mol. The Morgan fingerprint density at radius 3 is 2.94 bits per heavy atom. The van der Waals surface area contributed by atoms with Crippen LogP contribution >= 0.6 is 11.3 Å². The zero-order valence-electron chi connectivity index (χ0n) is 9.14. The van der Waals surface area contributed by atoms with Gasteiger partial charge in [-0.05, 0) is 25.1 Å². The van der Waals surface area contributed by atoms with Crippen LogP contribution in [0.5, 0.6) is 5.75 Å². The van der Waals surface area contributed by atoms with Crippen LogP contribution < -0.4 is 4.74 Å². The van der Waals surface area contributed by atoms with E-state index in [1.165, 1.54) is 17.4 Å². The fraction of sp³-hybridized carbons (Fsp3) is 0.167. The minimum absolute atomic E-state index is 0.225. The lowest BCUT2D eigenvalue weighted by molar-refractivity contribution is 0.111. The van der Waals surface area contributed by atoms with Gasteiger partial charge in [0.25, 0.3) is 0 Å². The highest BCUT2D eigenvalue weighted by Crippen LogP contribution is 2.27. The first-order chi connectivity index (χ1) is 8.24. The number of carbonyl (C=O) groups is 1. The fourth-order valence-electron chi connectivity index (χ4n) is 1.38. The van der Waals surface area contributed by atoms with Crippen molar-refractivity contribution in [3.05, 3.63) is 35.1 Å². The predicted octanol–water partition coefficient (Wildman–Crippen LogP) is 3.16. The van der Waals surface area contributed by atoms with Crippen molar-refractivity contribution < 1.29 is 13.9 Å². The van der Waals surface area contributed by atoms with Crippen LogP contribution in [0.15, 0.2) is 23.6 Å². The normalized spacial score (nSPS) is 10.2. The van der Waals surface area contributed by atoms with Crippen LogP contribution in [0.4, 0.5) is 4.39 Å². The standard InChI is InChI=1S/C12H10FNO2S/c1-2-16-11-4-3-8(5-10(11)13)12-14-9(6-15)7-17-12/h3-7H,2H2,1H3. The van der Waals surface area contributed by atoms with Crippen molar-refractivity contribution in [2.24, 2.45) is 0 Å². The van der Waals surface area contributed by atoms with E-state index in [9.17, 15) is 9.18 Å². The molecule has 0 atom stereocenters. The number of nitrogens with zero attached hydrogens (tertiary/aromatic N) is 1. The second kappa shape index (κ2) is 5.05. The number of carbonyl (C=O) groups excluding carboxylic acids is 1. The Morgan fingerprint density at radius 1 is 1.53 bits per heavy atom. The van der Waals surface area contributed by atoms with Gasteiger partial charge in [-0.25, -0.2) is 9.37 Å². The second-order valence-corrected chi connectivity index (χ2v) is 4.13. The van der Waals surface area contributed by atoms with E-state index in [-0.39, 0.29) is 5.75 Å². The smallest absolute Gasteiger partial charge is 0.169 e. The summed E-state index contributed by atoms with van der Waals surface area (Å²) < 4.78 is 18.7. The Labute approximate surface area is 102 Å². The molecule has 1 heterocycles. The van der Waals surface area contributed by atoms with Crippen molar-refractivity contribution in [2.45, 2.75) is 6.92 Å². The van der Waals surface area contributed by atoms with Gasteiger partial charge in [0.2, 0.25) is 0 Å². The van der Waals surface area contributed by atoms with E-state index >= 15 is 0 Å². The van der Waals surface area contributed by atoms with E-state index in [2.05, 4.69) is 4.98 Å². The molecule has 0 bridgehead atoms. The largest absolute Gasteiger partial charge is 0.491 e. The summed E-state index contributed by atoms with van der Waals surface area (Å²) in [4.78, 5) is 14.6. The summed E-state index contributed by atoms with van der Waals surface area (Å²) in [6, 6.07) is 4.65. The molecule has 0 fully saturated rings. The average Bonchev–Trinajstić information content (AvgIpc) is 2.80. The molecule has 0 amide bonds. The molecule has 0 radical (unpaired) electrons. The first-order valence-electron chi connectivity index (χ1n) is 5.08. The van der Waals surface area contributed by atoms with Gasteiger partial charge in [-0.3, -0.25) is 4.79 Å². The first kappa shape index (κ1) is 11.7. The van der Waals surface area contributed by atoms with Crippen LogP contribution in [-0.2, 0) is 0 Å². The summed E-state index contributed by atoms with van der Waals surface area (Å²) in [5.74, 6) is -0.198. The van der Waals surface area contributed by atoms with Crippen LogP contribution in [0.1, 0.15) is 17.4 Å². The summed E-state index contributed by atoms with van der Waals surface area (Å²) in [6.45, 7) is 2.22. The Bertz CT molecular complexity index is 539. The quantitative estimate of drug-likeness (QED) is 0.783. The Hall–Kier alpha value is -1.75. The van der Waals surface area contributed by atoms with Gasteiger partial charge in [-0.15, -0.1) is 11.3 Å². The summed E-state index contributed by atoms with van der Waals surface area (Å²) in [6.07, 6.45) is 0.672. The summed E-state index contributed by atoms with van der Waals surface area (Å²) >= 11 is 1.31. The maximum absolute atomic E-state index is 13.6. The number of thiazole rings is 1. The zero-order chi connectivity index (χ0) is 12.3. The molecule has 1 aromatic heterocycles. The van der Waals surface area contributed by atoms with E-state index in [1.54, 1.807) is 24.4 Å². The third-order valence-corrected chi connectivity index (χ3v) is 3.03. The van der Waals surface area contributed by atoms with Gasteiger partial charge in [0.1, 0.15) is 10.7 Å². The summed E-state index contributed by atoms with van der Waals surface area (Å²) in [5, 5.41) is 2.26. The molecule has 3 nitrogen and oxygen atoms in total. The maximum Gasteiger partial charge on any atom is 0.169 e. The number of benzene rings is 1. The topological polar surface area (TPSA) is 39.2 Å². The van der Waals surface area contributed by atoms with E-state index < -0.39 is 5.82 Å². The molecule has 0 saturated heterocycles. The number of hydrogen-bond donors (Lipinski definition) is 0. The zero-order valence-corrected chi connectivity index (χ0v) is 9.96. The molecule has 17 heavy (non-hydrogen) atoms. The SMILES string of the molecule is CCOc1ccc(-c2nc(C=O)cs2)cc1F. The molecular weight excluding hydrogens is 241 g/mol. The molecule has 1 aromatic carbocycles. The van der Waals surface area contributed by atoms with Crippen molar-refractivity contribution in [3.8, 4) is 16.3 Å². The van der Waals surface area contributed by atoms with Crippen molar-refractivity contribution in [1.29, 1.82) is 0 Å². The molecule has 0 aliphatic heterocycles. The number of aldehydes is 1. The van der Waals surface area contributed by atoms with Gasteiger partial charge in [-0.1, -0.05) is 0 Å². The molecule has 2 rings (SSSR count). The molecule has 0 aliphatic carbocycles. The van der Waals surface area contributed by atoms with Crippen LogP contribution in [0, 0.1) is 5.82 Å². The Kier molecular flexibility index (Phi) is 3.49. The summed E-state index contributed by atoms with van der Waals surface area (Å²) in [7, 11) is 0. The van der Waals surface area contributed by atoms with Gasteiger partial charge in [0.05, 0.1) is 6.61 Å². The van der Waals surface area contributed by atoms with Crippen molar-refractivity contribution in [1.82, 2.24) is 4.98 Å². The molecule has 0 unspecified atom stereocenters. The second-order valence-electron chi connectivity index (χ2n) is 3.27. The van der Waals surface area contributed by atoms with Gasteiger partial charge in [0, 0.05) is 10.9 Å². The van der Waals surface area contributed by atoms with Crippen molar-refractivity contribution in [3.63, 3.8) is 0 Å². The minimum atomic E-state index is -0.424. The van der Waals surface area contributed by atoms with E-state index in [0.29, 0.717) is 29.2 Å². The molecule has 0 N–H and O–H groups in total. The van der Waals surface area contributed by atoms with Crippen molar-refractivity contribution >= 4 is 17.6 Å². The van der Waals surface area contributed by atoms with E-state index in [4.69, 9.17) is 4.74 Å². The van der Waals surface area contributed by atoms with Gasteiger partial charge in [-0.2, -0.15) is 0 Å². The van der Waals surface area contributed by atoms with Gasteiger partial charge >= 0.3 is 0 Å². The van der Waals surface area contributed by atoms with Crippen LogP contribution in [-0.4, -0.2) is 17.9 Å². The number of rotatable bonds is 4. The lowest BCUT2D eigenvalue weighted by atomic mass is 10.2. The molecule has 2 aromatic rings. The van der Waals surface area contributed by atoms with Crippen molar-refractivity contribution in [2.75, 3.05) is 6.61 Å². The molecular formula is C12H10FNO2S. The van der Waals surface area contributed by atoms with Gasteiger partial charge < -0.3 is 4.74 Å². The van der Waals surface area contributed by atoms with Crippen LogP contribution in [0.25, 0.3) is 10.6 Å². The molecule has 0 saturated carbocycles.